The van der Waals surface area contributed by atoms with Gasteiger partial charge >= 0.3 is 0 Å². The van der Waals surface area contributed by atoms with Gasteiger partial charge in [-0.1, -0.05) is 0 Å². The number of hydrogen-bond donors (Lipinski definition) is 1. The number of nitrogens with zero attached hydrogens (tertiary/aromatic N) is 2. The van der Waals surface area contributed by atoms with Gasteiger partial charge < -0.3 is 14.8 Å². The van der Waals surface area contributed by atoms with Crippen molar-refractivity contribution in [3.8, 4) is 5.88 Å². The maximum atomic E-state index is 5.27. The highest BCUT2D eigenvalue weighted by atomic mass is 16.5. The lowest BCUT2D eigenvalue weighted by Gasteiger charge is -2.11. The molecule has 1 atom stereocenters. The highest BCUT2D eigenvalue weighted by molar-refractivity contribution is 5.31. The summed E-state index contributed by atoms with van der Waals surface area (Å²) in [5.41, 5.74) is 0.892. The number of rotatable bonds is 3. The number of aryl methyl sites for hydroxylation is 1. The van der Waals surface area contributed by atoms with Crippen molar-refractivity contribution >= 4 is 5.95 Å². The lowest BCUT2D eigenvalue weighted by atomic mass is 10.3. The van der Waals surface area contributed by atoms with E-state index in [0.717, 1.165) is 25.3 Å². The van der Waals surface area contributed by atoms with Gasteiger partial charge in [0.2, 0.25) is 11.8 Å². The standard InChI is InChI=1S/C10H15N3O2/c1-7-5-9(14-2)13-10(11-7)12-8-3-4-15-6-8/h5,8H,3-4,6H2,1-2H3,(H,11,12,13). The number of methoxy groups -OCH3 is 1. The Morgan fingerprint density at radius 3 is 3.07 bits per heavy atom. The van der Waals surface area contributed by atoms with Gasteiger partial charge in [0, 0.05) is 18.4 Å². The molecule has 0 bridgehead atoms. The first-order chi connectivity index (χ1) is 7.28. The van der Waals surface area contributed by atoms with Crippen LogP contribution in [0.1, 0.15) is 12.1 Å². The molecular formula is C10H15N3O2. The molecule has 0 saturated carbocycles. The Labute approximate surface area is 88.8 Å². The van der Waals surface area contributed by atoms with Crippen molar-refractivity contribution in [1.29, 1.82) is 0 Å². The first-order valence-electron chi connectivity index (χ1n) is 5.02. The normalized spacial score (nSPS) is 20.3. The van der Waals surface area contributed by atoms with Crippen LogP contribution < -0.4 is 10.1 Å². The van der Waals surface area contributed by atoms with Crippen LogP contribution in [0.15, 0.2) is 6.07 Å². The quantitative estimate of drug-likeness (QED) is 0.804. The summed E-state index contributed by atoms with van der Waals surface area (Å²) in [7, 11) is 1.60. The minimum Gasteiger partial charge on any atom is -0.481 e. The molecule has 0 radical (unpaired) electrons. The number of nitrogens with one attached hydrogen (secondary N) is 1. The van der Waals surface area contributed by atoms with E-state index in [9.17, 15) is 0 Å². The zero-order chi connectivity index (χ0) is 10.7. The monoisotopic (exact) mass is 209 g/mol. The second-order valence-corrected chi connectivity index (χ2v) is 3.58. The van der Waals surface area contributed by atoms with Crippen LogP contribution in [0.25, 0.3) is 0 Å². The highest BCUT2D eigenvalue weighted by Gasteiger charge is 2.16. The molecule has 1 unspecified atom stereocenters. The van der Waals surface area contributed by atoms with Gasteiger partial charge in [0.15, 0.2) is 0 Å². The molecule has 2 heterocycles. The van der Waals surface area contributed by atoms with Gasteiger partial charge in [0.25, 0.3) is 0 Å². The lowest BCUT2D eigenvalue weighted by Crippen LogP contribution is -2.20. The van der Waals surface area contributed by atoms with Gasteiger partial charge in [-0.3, -0.25) is 0 Å². The number of hydrogen-bond acceptors (Lipinski definition) is 5. The molecule has 0 spiro atoms. The molecular weight excluding hydrogens is 194 g/mol. The SMILES string of the molecule is COc1cc(C)nc(NC2CCOC2)n1. The molecule has 5 heteroatoms. The Hall–Kier alpha value is -1.36. The van der Waals surface area contributed by atoms with E-state index in [1.54, 1.807) is 13.2 Å². The van der Waals surface area contributed by atoms with E-state index in [0.29, 0.717) is 17.9 Å². The van der Waals surface area contributed by atoms with Crippen molar-refractivity contribution < 1.29 is 9.47 Å². The average Bonchev–Trinajstić information content (AvgIpc) is 2.69. The first-order valence-corrected chi connectivity index (χ1v) is 5.02. The van der Waals surface area contributed by atoms with Crippen molar-refractivity contribution in [3.63, 3.8) is 0 Å². The van der Waals surface area contributed by atoms with Crippen molar-refractivity contribution in [2.45, 2.75) is 19.4 Å². The second-order valence-electron chi connectivity index (χ2n) is 3.58. The summed E-state index contributed by atoms with van der Waals surface area (Å²) in [5.74, 6) is 1.20. The summed E-state index contributed by atoms with van der Waals surface area (Å²) in [5, 5.41) is 3.23. The van der Waals surface area contributed by atoms with E-state index in [-0.39, 0.29) is 0 Å². The van der Waals surface area contributed by atoms with Gasteiger partial charge in [-0.25, -0.2) is 4.98 Å². The maximum Gasteiger partial charge on any atom is 0.226 e. The van der Waals surface area contributed by atoms with Crippen LogP contribution in [0, 0.1) is 6.92 Å². The van der Waals surface area contributed by atoms with Crippen molar-refractivity contribution in [1.82, 2.24) is 9.97 Å². The van der Waals surface area contributed by atoms with Crippen molar-refractivity contribution in [2.24, 2.45) is 0 Å². The van der Waals surface area contributed by atoms with E-state index in [1.165, 1.54) is 0 Å². The fourth-order valence-corrected chi connectivity index (χ4v) is 1.54. The fraction of sp³-hybridized carbons (Fsp3) is 0.600. The van der Waals surface area contributed by atoms with Crippen molar-refractivity contribution in [3.05, 3.63) is 11.8 Å². The summed E-state index contributed by atoms with van der Waals surface area (Å²) in [4.78, 5) is 8.50. The summed E-state index contributed by atoms with van der Waals surface area (Å²) < 4.78 is 10.3. The van der Waals surface area contributed by atoms with E-state index < -0.39 is 0 Å². The molecule has 1 aromatic rings. The predicted molar refractivity (Wildman–Crippen MR) is 56.2 cm³/mol. The molecule has 5 nitrogen and oxygen atoms in total. The van der Waals surface area contributed by atoms with Gasteiger partial charge in [0.05, 0.1) is 19.8 Å². The number of ether oxygens (including phenoxy) is 2. The topological polar surface area (TPSA) is 56.3 Å². The summed E-state index contributed by atoms with van der Waals surface area (Å²) in [6.45, 7) is 3.45. The fourth-order valence-electron chi connectivity index (χ4n) is 1.54. The molecule has 2 rings (SSSR count). The summed E-state index contributed by atoms with van der Waals surface area (Å²) in [6, 6.07) is 2.12. The molecule has 82 valence electrons. The molecule has 1 fully saturated rings. The van der Waals surface area contributed by atoms with Crippen LogP contribution in [0.2, 0.25) is 0 Å². The van der Waals surface area contributed by atoms with Crippen LogP contribution >= 0.6 is 0 Å². The second kappa shape index (κ2) is 4.44. The van der Waals surface area contributed by atoms with Crippen LogP contribution in [-0.2, 0) is 4.74 Å². The zero-order valence-corrected chi connectivity index (χ0v) is 8.99. The Balaban J connectivity index is 2.09. The Morgan fingerprint density at radius 1 is 1.53 bits per heavy atom. The van der Waals surface area contributed by atoms with E-state index >= 15 is 0 Å². The van der Waals surface area contributed by atoms with Crippen molar-refractivity contribution in [2.75, 3.05) is 25.6 Å². The third-order valence-electron chi connectivity index (χ3n) is 2.30. The first kappa shape index (κ1) is 10.2. The minimum absolute atomic E-state index is 0.316. The Kier molecular flexibility index (Phi) is 3.01. The predicted octanol–water partition coefficient (Wildman–Crippen LogP) is 0.994. The third kappa shape index (κ3) is 2.56. The molecule has 0 aromatic carbocycles. The number of anilines is 1. The van der Waals surface area contributed by atoms with Gasteiger partial charge in [0.1, 0.15) is 0 Å². The van der Waals surface area contributed by atoms with Gasteiger partial charge in [-0.15, -0.1) is 0 Å². The maximum absolute atomic E-state index is 5.27. The van der Waals surface area contributed by atoms with E-state index in [2.05, 4.69) is 15.3 Å². The molecule has 0 aliphatic carbocycles. The Morgan fingerprint density at radius 2 is 2.40 bits per heavy atom. The van der Waals surface area contributed by atoms with Gasteiger partial charge in [-0.05, 0) is 13.3 Å². The average molecular weight is 209 g/mol. The smallest absolute Gasteiger partial charge is 0.226 e. The molecule has 1 saturated heterocycles. The van der Waals surface area contributed by atoms with E-state index in [4.69, 9.17) is 9.47 Å². The van der Waals surface area contributed by atoms with Gasteiger partial charge in [-0.2, -0.15) is 4.98 Å². The Bertz CT molecular complexity index is 337. The largest absolute Gasteiger partial charge is 0.481 e. The lowest BCUT2D eigenvalue weighted by molar-refractivity contribution is 0.195. The molecule has 1 aromatic heterocycles. The van der Waals surface area contributed by atoms with Crippen LogP contribution in [0.5, 0.6) is 5.88 Å². The summed E-state index contributed by atoms with van der Waals surface area (Å²) in [6.07, 6.45) is 1.000. The molecule has 15 heavy (non-hydrogen) atoms. The van der Waals surface area contributed by atoms with Crippen LogP contribution in [0.3, 0.4) is 0 Å². The third-order valence-corrected chi connectivity index (χ3v) is 2.30. The summed E-state index contributed by atoms with van der Waals surface area (Å²) >= 11 is 0. The van der Waals surface area contributed by atoms with Crippen LogP contribution in [-0.4, -0.2) is 36.3 Å². The van der Waals surface area contributed by atoms with E-state index in [1.807, 2.05) is 6.92 Å². The highest BCUT2D eigenvalue weighted by Crippen LogP contribution is 2.14. The molecule has 0 amide bonds. The van der Waals surface area contributed by atoms with Crippen LogP contribution in [0.4, 0.5) is 5.95 Å². The molecule has 1 N–H and O–H groups in total. The number of aromatic nitrogens is 2. The minimum atomic E-state index is 0.316. The zero-order valence-electron chi connectivity index (χ0n) is 8.99. The molecule has 1 aliphatic heterocycles. The molecule has 1 aliphatic rings.